The topological polar surface area (TPSA) is 30.5 Å². The summed E-state index contributed by atoms with van der Waals surface area (Å²) in [4.78, 5) is 0. The molecule has 0 saturated carbocycles. The van der Waals surface area contributed by atoms with Gasteiger partial charge >= 0.3 is 0 Å². The molecule has 0 fully saturated rings. The Kier molecular flexibility index (Phi) is 8.12. The third kappa shape index (κ3) is 5.87. The monoisotopic (exact) mass is 357 g/mol. The largest absolute Gasteiger partial charge is 0.495 e. The van der Waals surface area contributed by atoms with Gasteiger partial charge < -0.3 is 14.8 Å². The van der Waals surface area contributed by atoms with Crippen molar-refractivity contribution in [3.8, 4) is 11.5 Å². The molecule has 0 saturated heterocycles. The second-order valence-corrected chi connectivity index (χ2v) is 6.61. The van der Waals surface area contributed by atoms with Gasteiger partial charge in [0, 0.05) is 6.04 Å². The molecule has 0 aromatic heterocycles. The molecule has 0 radical (unpaired) electrons. The summed E-state index contributed by atoms with van der Waals surface area (Å²) in [5.74, 6) is 2.40. The van der Waals surface area contributed by atoms with Crippen molar-refractivity contribution in [2.45, 2.75) is 46.1 Å². The van der Waals surface area contributed by atoms with Gasteiger partial charge in [0.1, 0.15) is 16.0 Å². The van der Waals surface area contributed by atoms with Gasteiger partial charge in [-0.2, -0.15) is 0 Å². The van der Waals surface area contributed by atoms with Crippen LogP contribution in [-0.2, 0) is 6.42 Å². The first-order chi connectivity index (χ1) is 9.99. The van der Waals surface area contributed by atoms with Crippen molar-refractivity contribution in [2.24, 2.45) is 5.92 Å². The molecule has 120 valence electrons. The average Bonchev–Trinajstić information content (AvgIpc) is 2.44. The van der Waals surface area contributed by atoms with E-state index >= 15 is 0 Å². The Morgan fingerprint density at radius 3 is 2.38 bits per heavy atom. The fourth-order valence-corrected chi connectivity index (χ4v) is 3.03. The number of hydrogen-bond acceptors (Lipinski definition) is 3. The van der Waals surface area contributed by atoms with Crippen LogP contribution in [0, 0.1) is 5.92 Å². The van der Waals surface area contributed by atoms with Crippen LogP contribution in [0.5, 0.6) is 11.5 Å². The molecule has 0 aliphatic carbocycles. The second-order valence-electron chi connectivity index (χ2n) is 5.82. The highest BCUT2D eigenvalue weighted by Crippen LogP contribution is 2.37. The van der Waals surface area contributed by atoms with Gasteiger partial charge in [0.25, 0.3) is 0 Å². The molecular weight excluding hydrogens is 330 g/mol. The maximum absolute atomic E-state index is 5.52. The third-order valence-electron chi connectivity index (χ3n) is 3.66. The fourth-order valence-electron chi connectivity index (χ4n) is 2.32. The third-order valence-corrected chi connectivity index (χ3v) is 4.41. The Labute approximate surface area is 137 Å². The molecule has 4 heteroatoms. The molecule has 0 aliphatic rings. The molecule has 1 unspecified atom stereocenters. The summed E-state index contributed by atoms with van der Waals surface area (Å²) >= 11 is 3.56. The molecule has 1 aromatic rings. The predicted molar refractivity (Wildman–Crippen MR) is 92.5 cm³/mol. The summed E-state index contributed by atoms with van der Waals surface area (Å²) in [6.45, 7) is 7.77. The van der Waals surface area contributed by atoms with Crippen molar-refractivity contribution in [1.29, 1.82) is 0 Å². The standard InChI is InChI=1S/C17H28BrNO2/c1-12(2)19-11-10-13(3)6-7-14-8-9-15(20-4)16(18)17(14)21-5/h8-9,12-13,19H,6-7,10-11H2,1-5H3. The van der Waals surface area contributed by atoms with Gasteiger partial charge in [-0.25, -0.2) is 0 Å². The molecule has 1 N–H and O–H groups in total. The zero-order valence-corrected chi connectivity index (χ0v) is 15.4. The number of halogens is 1. The first kappa shape index (κ1) is 18.3. The van der Waals surface area contributed by atoms with E-state index in [0.29, 0.717) is 12.0 Å². The molecule has 3 nitrogen and oxygen atoms in total. The molecule has 0 amide bonds. The molecular formula is C17H28BrNO2. The van der Waals surface area contributed by atoms with E-state index in [2.05, 4.69) is 48.1 Å². The van der Waals surface area contributed by atoms with Gasteiger partial charge in [-0.05, 0) is 59.3 Å². The first-order valence-corrected chi connectivity index (χ1v) is 8.41. The molecule has 0 aliphatic heterocycles. The molecule has 21 heavy (non-hydrogen) atoms. The summed E-state index contributed by atoms with van der Waals surface area (Å²) in [7, 11) is 3.38. The summed E-state index contributed by atoms with van der Waals surface area (Å²) < 4.78 is 11.7. The highest BCUT2D eigenvalue weighted by molar-refractivity contribution is 9.10. The van der Waals surface area contributed by atoms with Crippen LogP contribution >= 0.6 is 15.9 Å². The van der Waals surface area contributed by atoms with E-state index in [1.54, 1.807) is 14.2 Å². The van der Waals surface area contributed by atoms with E-state index in [4.69, 9.17) is 9.47 Å². The lowest BCUT2D eigenvalue weighted by atomic mass is 9.97. The lowest BCUT2D eigenvalue weighted by Gasteiger charge is -2.16. The van der Waals surface area contributed by atoms with Gasteiger partial charge in [0.2, 0.25) is 0 Å². The zero-order valence-electron chi connectivity index (χ0n) is 13.8. The van der Waals surface area contributed by atoms with E-state index in [0.717, 1.165) is 35.4 Å². The van der Waals surface area contributed by atoms with Crippen LogP contribution in [0.25, 0.3) is 0 Å². The van der Waals surface area contributed by atoms with Crippen molar-refractivity contribution >= 4 is 15.9 Å². The second kappa shape index (κ2) is 9.31. The van der Waals surface area contributed by atoms with Crippen LogP contribution in [0.15, 0.2) is 16.6 Å². The average molecular weight is 358 g/mol. The quantitative estimate of drug-likeness (QED) is 0.709. The number of ether oxygens (including phenoxy) is 2. The minimum absolute atomic E-state index is 0.565. The van der Waals surface area contributed by atoms with E-state index in [9.17, 15) is 0 Å². The van der Waals surface area contributed by atoms with Crippen LogP contribution in [0.2, 0.25) is 0 Å². The molecule has 1 rings (SSSR count). The highest BCUT2D eigenvalue weighted by atomic mass is 79.9. The molecule has 1 aromatic carbocycles. The first-order valence-electron chi connectivity index (χ1n) is 7.62. The Morgan fingerprint density at radius 1 is 1.10 bits per heavy atom. The van der Waals surface area contributed by atoms with Gasteiger partial charge in [-0.3, -0.25) is 0 Å². The smallest absolute Gasteiger partial charge is 0.139 e. The van der Waals surface area contributed by atoms with Crippen molar-refractivity contribution in [2.75, 3.05) is 20.8 Å². The molecule has 0 spiro atoms. The fraction of sp³-hybridized carbons (Fsp3) is 0.647. The highest BCUT2D eigenvalue weighted by Gasteiger charge is 2.13. The van der Waals surface area contributed by atoms with Crippen molar-refractivity contribution in [3.63, 3.8) is 0 Å². The van der Waals surface area contributed by atoms with Gasteiger partial charge in [-0.15, -0.1) is 0 Å². The minimum atomic E-state index is 0.565. The van der Waals surface area contributed by atoms with Gasteiger partial charge in [0.05, 0.1) is 14.2 Å². The van der Waals surface area contributed by atoms with Crippen LogP contribution in [0.3, 0.4) is 0 Å². The lowest BCUT2D eigenvalue weighted by molar-refractivity contribution is 0.383. The number of rotatable bonds is 9. The lowest BCUT2D eigenvalue weighted by Crippen LogP contribution is -2.25. The van der Waals surface area contributed by atoms with Crippen molar-refractivity contribution in [1.82, 2.24) is 5.32 Å². The van der Waals surface area contributed by atoms with Gasteiger partial charge in [-0.1, -0.05) is 26.8 Å². The van der Waals surface area contributed by atoms with E-state index in [-0.39, 0.29) is 0 Å². The SMILES string of the molecule is COc1ccc(CCC(C)CCNC(C)C)c(OC)c1Br. The summed E-state index contributed by atoms with van der Waals surface area (Å²) in [6, 6.07) is 4.66. The van der Waals surface area contributed by atoms with E-state index in [1.807, 2.05) is 6.07 Å². The Balaban J connectivity index is 2.57. The van der Waals surface area contributed by atoms with Crippen molar-refractivity contribution in [3.05, 3.63) is 22.2 Å². The van der Waals surface area contributed by atoms with Crippen LogP contribution < -0.4 is 14.8 Å². The predicted octanol–water partition coefficient (Wildman–Crippen LogP) is 4.42. The number of nitrogens with one attached hydrogen (secondary N) is 1. The number of hydrogen-bond donors (Lipinski definition) is 1. The molecule has 0 heterocycles. The van der Waals surface area contributed by atoms with Crippen LogP contribution in [-0.4, -0.2) is 26.8 Å². The summed E-state index contributed by atoms with van der Waals surface area (Å²) in [5.41, 5.74) is 1.23. The number of aryl methyl sites for hydroxylation is 1. The van der Waals surface area contributed by atoms with E-state index < -0.39 is 0 Å². The molecule has 1 atom stereocenters. The summed E-state index contributed by atoms with van der Waals surface area (Å²) in [5, 5.41) is 3.47. The minimum Gasteiger partial charge on any atom is -0.495 e. The Bertz CT molecular complexity index is 435. The van der Waals surface area contributed by atoms with Gasteiger partial charge in [0.15, 0.2) is 0 Å². The van der Waals surface area contributed by atoms with Crippen LogP contribution in [0.4, 0.5) is 0 Å². The molecule has 0 bridgehead atoms. The van der Waals surface area contributed by atoms with E-state index in [1.165, 1.54) is 12.0 Å². The Hall–Kier alpha value is -0.740. The van der Waals surface area contributed by atoms with Crippen molar-refractivity contribution < 1.29 is 9.47 Å². The maximum Gasteiger partial charge on any atom is 0.139 e. The number of methoxy groups -OCH3 is 2. The summed E-state index contributed by atoms with van der Waals surface area (Å²) in [6.07, 6.45) is 3.39. The maximum atomic E-state index is 5.52. The Morgan fingerprint density at radius 2 is 1.81 bits per heavy atom. The number of benzene rings is 1. The zero-order chi connectivity index (χ0) is 15.8. The van der Waals surface area contributed by atoms with Crippen LogP contribution in [0.1, 0.15) is 39.2 Å². The normalized spacial score (nSPS) is 12.5.